The van der Waals surface area contributed by atoms with Gasteiger partial charge in [0.2, 0.25) is 0 Å². The molecule has 4 heteroatoms. The molecular formula is C26H38N4. The molecule has 1 fully saturated rings. The molecule has 0 unspecified atom stereocenters. The number of aryl methyl sites for hydroxylation is 1. The van der Waals surface area contributed by atoms with E-state index in [2.05, 4.69) is 39.9 Å². The van der Waals surface area contributed by atoms with E-state index < -0.39 is 0 Å². The van der Waals surface area contributed by atoms with Crippen LogP contribution in [0, 0.1) is 29.1 Å². The van der Waals surface area contributed by atoms with Gasteiger partial charge in [-0.25, -0.2) is 0 Å². The number of rotatable bonds is 8. The van der Waals surface area contributed by atoms with Crippen LogP contribution in [0.4, 0.5) is 0 Å². The molecule has 0 aromatic heterocycles. The van der Waals surface area contributed by atoms with E-state index in [0.29, 0.717) is 17.3 Å². The Hall–Kier alpha value is -2.33. The fourth-order valence-corrected chi connectivity index (χ4v) is 4.96. The first-order valence-electron chi connectivity index (χ1n) is 10.9. The van der Waals surface area contributed by atoms with Crippen LogP contribution in [0.3, 0.4) is 0 Å². The minimum atomic E-state index is 0.0868. The Morgan fingerprint density at radius 1 is 1.10 bits per heavy atom. The van der Waals surface area contributed by atoms with Gasteiger partial charge in [-0.1, -0.05) is 31.2 Å². The fraction of sp³-hybridized carbons (Fsp3) is 0.500. The highest BCUT2D eigenvalue weighted by atomic mass is 15.0. The van der Waals surface area contributed by atoms with Crippen molar-refractivity contribution in [2.45, 2.75) is 78.3 Å². The first-order chi connectivity index (χ1) is 14.0. The van der Waals surface area contributed by atoms with Crippen LogP contribution >= 0.6 is 0 Å². The molecule has 1 aliphatic heterocycles. The van der Waals surface area contributed by atoms with Crippen molar-refractivity contribution >= 4 is 23.2 Å². The third kappa shape index (κ3) is 6.60. The maximum absolute atomic E-state index is 8.46. The van der Waals surface area contributed by atoms with Gasteiger partial charge in [0.15, 0.2) is 0 Å². The zero-order valence-corrected chi connectivity index (χ0v) is 19.4. The summed E-state index contributed by atoms with van der Waals surface area (Å²) in [6, 6.07) is 5.96. The number of piperidine rings is 1. The minimum Gasteiger partial charge on any atom is -0.308 e. The number of benzene rings is 1. The average molecular weight is 407 g/mol. The standard InChI is InChI=1S/C26H38N4/c1-7-8-21(17-27)20-9-11-23(18(2)13-20)24(29)12-10-22(28)14-19-15-25(3,4)30-26(5,6)16-19/h8-13,17,19,27-30H,7,14-16H2,1-6H3/b12-10-,21-8+,27-17?,28-22?,29-24?. The Morgan fingerprint density at radius 3 is 2.27 bits per heavy atom. The monoisotopic (exact) mass is 406 g/mol. The molecule has 162 valence electrons. The smallest absolute Gasteiger partial charge is 0.0615 e. The molecule has 1 heterocycles. The SMILES string of the molecule is CC/C=C(\C=N)c1ccc(C(=N)/C=C\C(=N)CC2CC(C)(C)NC(C)(C)C2)c(C)c1. The predicted octanol–water partition coefficient (Wildman–Crippen LogP) is 6.33. The van der Waals surface area contributed by atoms with Crippen LogP contribution < -0.4 is 5.32 Å². The predicted molar refractivity (Wildman–Crippen MR) is 131 cm³/mol. The van der Waals surface area contributed by atoms with Crippen molar-refractivity contribution in [3.63, 3.8) is 0 Å². The largest absolute Gasteiger partial charge is 0.308 e. The molecule has 1 saturated heterocycles. The van der Waals surface area contributed by atoms with Crippen LogP contribution in [0.15, 0.2) is 36.4 Å². The van der Waals surface area contributed by atoms with Crippen LogP contribution in [0.2, 0.25) is 0 Å². The second-order valence-electron chi connectivity index (χ2n) is 9.89. The summed E-state index contributed by atoms with van der Waals surface area (Å²) in [6.07, 6.45) is 10.7. The normalized spacial score (nSPS) is 19.1. The van der Waals surface area contributed by atoms with Gasteiger partial charge in [-0.15, -0.1) is 0 Å². The van der Waals surface area contributed by atoms with E-state index in [-0.39, 0.29) is 11.1 Å². The molecular weight excluding hydrogens is 368 g/mol. The van der Waals surface area contributed by atoms with Crippen molar-refractivity contribution in [3.8, 4) is 0 Å². The second kappa shape index (κ2) is 9.65. The highest BCUT2D eigenvalue weighted by Gasteiger charge is 2.37. The summed E-state index contributed by atoms with van der Waals surface area (Å²) >= 11 is 0. The molecule has 0 atom stereocenters. The topological polar surface area (TPSA) is 83.6 Å². The van der Waals surface area contributed by atoms with Crippen LogP contribution in [0.1, 0.15) is 77.0 Å². The summed E-state index contributed by atoms with van der Waals surface area (Å²) in [7, 11) is 0. The van der Waals surface area contributed by atoms with E-state index in [1.807, 2.05) is 31.2 Å². The number of nitrogens with one attached hydrogen (secondary N) is 4. The van der Waals surface area contributed by atoms with Gasteiger partial charge < -0.3 is 21.5 Å². The highest BCUT2D eigenvalue weighted by Crippen LogP contribution is 2.34. The molecule has 0 amide bonds. The average Bonchev–Trinajstić information content (AvgIpc) is 2.61. The molecule has 4 N–H and O–H groups in total. The van der Waals surface area contributed by atoms with Gasteiger partial charge in [0.05, 0.1) is 5.71 Å². The van der Waals surface area contributed by atoms with Crippen LogP contribution in [-0.2, 0) is 0 Å². The van der Waals surface area contributed by atoms with Gasteiger partial charge in [0.1, 0.15) is 0 Å². The number of hydrogen-bond donors (Lipinski definition) is 4. The van der Waals surface area contributed by atoms with Gasteiger partial charge in [-0.3, -0.25) is 0 Å². The molecule has 30 heavy (non-hydrogen) atoms. The van der Waals surface area contributed by atoms with Gasteiger partial charge >= 0.3 is 0 Å². The van der Waals surface area contributed by atoms with Crippen molar-refractivity contribution in [2.75, 3.05) is 0 Å². The first-order valence-corrected chi connectivity index (χ1v) is 10.9. The summed E-state index contributed by atoms with van der Waals surface area (Å²) in [5.74, 6) is 0.480. The molecule has 1 aromatic rings. The lowest BCUT2D eigenvalue weighted by Crippen LogP contribution is -2.57. The van der Waals surface area contributed by atoms with E-state index in [1.54, 1.807) is 12.2 Å². The Labute approximate surface area is 182 Å². The lowest BCUT2D eigenvalue weighted by atomic mass is 9.74. The quantitative estimate of drug-likeness (QED) is 0.374. The Balaban J connectivity index is 2.06. The third-order valence-corrected chi connectivity index (χ3v) is 5.66. The lowest BCUT2D eigenvalue weighted by Gasteiger charge is -2.46. The maximum atomic E-state index is 8.46. The molecule has 0 spiro atoms. The summed E-state index contributed by atoms with van der Waals surface area (Å²) in [5, 5.41) is 28.2. The Kier molecular flexibility index (Phi) is 7.70. The number of allylic oxidation sites excluding steroid dienone is 4. The van der Waals surface area contributed by atoms with Crippen molar-refractivity contribution in [2.24, 2.45) is 5.92 Å². The lowest BCUT2D eigenvalue weighted by molar-refractivity contribution is 0.132. The van der Waals surface area contributed by atoms with Crippen molar-refractivity contribution in [1.82, 2.24) is 5.32 Å². The van der Waals surface area contributed by atoms with Crippen molar-refractivity contribution in [3.05, 3.63) is 53.1 Å². The highest BCUT2D eigenvalue weighted by molar-refractivity contribution is 6.12. The Bertz CT molecular complexity index is 855. The van der Waals surface area contributed by atoms with E-state index in [9.17, 15) is 0 Å². The third-order valence-electron chi connectivity index (χ3n) is 5.66. The number of hydrogen-bond acceptors (Lipinski definition) is 4. The van der Waals surface area contributed by atoms with E-state index in [0.717, 1.165) is 47.9 Å². The molecule has 0 saturated carbocycles. The second-order valence-corrected chi connectivity index (χ2v) is 9.89. The van der Waals surface area contributed by atoms with Crippen molar-refractivity contribution < 1.29 is 0 Å². The summed E-state index contributed by atoms with van der Waals surface area (Å²) in [6.45, 7) is 13.0. The summed E-state index contributed by atoms with van der Waals surface area (Å²) in [4.78, 5) is 0. The first kappa shape index (κ1) is 23.9. The van der Waals surface area contributed by atoms with E-state index in [1.165, 1.54) is 6.21 Å². The molecule has 4 nitrogen and oxygen atoms in total. The zero-order chi connectivity index (χ0) is 22.5. The van der Waals surface area contributed by atoms with Crippen LogP contribution in [0.5, 0.6) is 0 Å². The molecule has 0 bridgehead atoms. The molecule has 0 radical (unpaired) electrons. The zero-order valence-electron chi connectivity index (χ0n) is 19.4. The van der Waals surface area contributed by atoms with Crippen LogP contribution in [-0.4, -0.2) is 28.7 Å². The van der Waals surface area contributed by atoms with Crippen molar-refractivity contribution in [1.29, 1.82) is 16.2 Å². The molecule has 1 aromatic carbocycles. The maximum Gasteiger partial charge on any atom is 0.0615 e. The summed E-state index contributed by atoms with van der Waals surface area (Å²) < 4.78 is 0. The van der Waals surface area contributed by atoms with Crippen LogP contribution in [0.25, 0.3) is 5.57 Å². The van der Waals surface area contributed by atoms with Gasteiger partial charge in [-0.2, -0.15) is 0 Å². The van der Waals surface area contributed by atoms with Gasteiger partial charge in [0, 0.05) is 28.6 Å². The fourth-order valence-electron chi connectivity index (χ4n) is 4.96. The van der Waals surface area contributed by atoms with Gasteiger partial charge in [0.25, 0.3) is 0 Å². The molecule has 2 rings (SSSR count). The summed E-state index contributed by atoms with van der Waals surface area (Å²) in [5.41, 5.74) is 4.98. The van der Waals surface area contributed by atoms with E-state index >= 15 is 0 Å². The minimum absolute atomic E-state index is 0.0868. The molecule has 1 aliphatic rings. The Morgan fingerprint density at radius 2 is 1.73 bits per heavy atom. The van der Waals surface area contributed by atoms with Gasteiger partial charge in [-0.05, 0) is 95.1 Å². The van der Waals surface area contributed by atoms with E-state index in [4.69, 9.17) is 16.2 Å². The molecule has 0 aliphatic carbocycles.